The van der Waals surface area contributed by atoms with Gasteiger partial charge in [0.05, 0.1) is 0 Å². The van der Waals surface area contributed by atoms with E-state index in [9.17, 15) is 4.79 Å². The summed E-state index contributed by atoms with van der Waals surface area (Å²) in [6.07, 6.45) is 9.90. The normalized spacial score (nSPS) is 17.6. The number of benzene rings is 1. The average Bonchev–Trinajstić information content (AvgIpc) is 3.45. The molecule has 0 radical (unpaired) electrons. The maximum Gasteiger partial charge on any atom is 0.242 e. The van der Waals surface area contributed by atoms with Crippen LogP contribution < -0.4 is 19.7 Å². The molecule has 2 aliphatic heterocycles. The van der Waals surface area contributed by atoms with Gasteiger partial charge in [0, 0.05) is 37.2 Å². The molecule has 5 rings (SSSR count). The van der Waals surface area contributed by atoms with Crippen LogP contribution in [0.3, 0.4) is 0 Å². The van der Waals surface area contributed by atoms with Gasteiger partial charge in [0.1, 0.15) is 18.2 Å². The van der Waals surface area contributed by atoms with Crippen molar-refractivity contribution in [3.05, 3.63) is 54.2 Å². The molecule has 0 saturated carbocycles. The van der Waals surface area contributed by atoms with Crippen molar-refractivity contribution < 1.29 is 14.3 Å². The molecule has 9 nitrogen and oxygen atoms in total. The van der Waals surface area contributed by atoms with Crippen molar-refractivity contribution in [2.45, 2.75) is 45.1 Å². The molecule has 1 atom stereocenters. The molecule has 2 aliphatic rings. The summed E-state index contributed by atoms with van der Waals surface area (Å²) in [5, 5.41) is 3.14. The predicted octanol–water partition coefficient (Wildman–Crippen LogP) is 2.81. The fourth-order valence-electron chi connectivity index (χ4n) is 4.38. The first-order chi connectivity index (χ1) is 16.2. The second-order valence-corrected chi connectivity index (χ2v) is 8.42. The first kappa shape index (κ1) is 21.2. The molecule has 33 heavy (non-hydrogen) atoms. The number of hydrogen-bond donors (Lipinski definition) is 1. The van der Waals surface area contributed by atoms with Gasteiger partial charge in [0.25, 0.3) is 0 Å². The maximum absolute atomic E-state index is 13.3. The Morgan fingerprint density at radius 2 is 2.06 bits per heavy atom. The van der Waals surface area contributed by atoms with Crippen LogP contribution in [0, 0.1) is 6.92 Å². The van der Waals surface area contributed by atoms with E-state index >= 15 is 0 Å². The molecule has 0 spiro atoms. The number of ether oxygens (including phenoxy) is 2. The highest BCUT2D eigenvalue weighted by molar-refractivity contribution is 5.85. The van der Waals surface area contributed by atoms with Crippen LogP contribution in [0.25, 0.3) is 5.95 Å². The number of nitrogens with one attached hydrogen (secondary N) is 1. The molecule has 0 bridgehead atoms. The number of carbonyl (C=O) groups excluding carboxylic acids is 1. The lowest BCUT2D eigenvalue weighted by Gasteiger charge is -2.30. The van der Waals surface area contributed by atoms with Gasteiger partial charge in [0.2, 0.25) is 18.6 Å². The Hall–Kier alpha value is -3.62. The molecule has 0 aliphatic carbocycles. The number of fused-ring (bicyclic) bond motifs is 1. The van der Waals surface area contributed by atoms with E-state index in [4.69, 9.17) is 14.5 Å². The molecule has 1 saturated heterocycles. The molecule has 2 aromatic heterocycles. The summed E-state index contributed by atoms with van der Waals surface area (Å²) < 4.78 is 12.6. The SMILES string of the molecule is Cc1cc(N2CCCCCC2C(=O)NCCc2ccc3c(c2)OCO3)nc(-n2ccnc2)n1. The van der Waals surface area contributed by atoms with Crippen molar-refractivity contribution in [1.82, 2.24) is 24.8 Å². The highest BCUT2D eigenvalue weighted by atomic mass is 16.7. The van der Waals surface area contributed by atoms with Gasteiger partial charge in [-0.05, 0) is 43.9 Å². The van der Waals surface area contributed by atoms with Crippen LogP contribution in [0.4, 0.5) is 5.82 Å². The lowest BCUT2D eigenvalue weighted by atomic mass is 10.1. The standard InChI is InChI=1S/C24H28N6O3/c1-17-13-22(28-24(27-17)29-12-10-25-15-29)30-11-4-2-3-5-19(30)23(31)26-9-8-18-6-7-20-21(14-18)33-16-32-20/h6-7,10,12-15,19H,2-5,8-9,11,16H2,1H3,(H,26,31). The number of imidazole rings is 1. The van der Waals surface area contributed by atoms with Crippen LogP contribution in [0.5, 0.6) is 11.5 Å². The molecule has 1 N–H and O–H groups in total. The van der Waals surface area contributed by atoms with Gasteiger partial charge in [-0.15, -0.1) is 0 Å². The Balaban J connectivity index is 1.29. The van der Waals surface area contributed by atoms with Crippen LogP contribution in [-0.4, -0.2) is 51.4 Å². The van der Waals surface area contributed by atoms with Gasteiger partial charge in [-0.25, -0.2) is 9.97 Å². The van der Waals surface area contributed by atoms with Crippen LogP contribution in [0.1, 0.15) is 36.9 Å². The van der Waals surface area contributed by atoms with Crippen molar-refractivity contribution in [1.29, 1.82) is 0 Å². The molecular weight excluding hydrogens is 420 g/mol. The minimum Gasteiger partial charge on any atom is -0.454 e. The molecule has 1 amide bonds. The molecule has 1 aromatic carbocycles. The Bertz CT molecular complexity index is 1120. The van der Waals surface area contributed by atoms with E-state index in [1.54, 1.807) is 17.1 Å². The van der Waals surface area contributed by atoms with E-state index in [1.807, 2.05) is 37.4 Å². The van der Waals surface area contributed by atoms with Gasteiger partial charge < -0.3 is 19.7 Å². The number of aryl methyl sites for hydroxylation is 1. The molecule has 3 aromatic rings. The number of rotatable bonds is 6. The third-order valence-electron chi connectivity index (χ3n) is 6.06. The Morgan fingerprint density at radius 1 is 1.15 bits per heavy atom. The van der Waals surface area contributed by atoms with E-state index in [1.165, 1.54) is 0 Å². The van der Waals surface area contributed by atoms with Gasteiger partial charge >= 0.3 is 0 Å². The van der Waals surface area contributed by atoms with Crippen molar-refractivity contribution in [3.63, 3.8) is 0 Å². The quantitative estimate of drug-likeness (QED) is 0.620. The van der Waals surface area contributed by atoms with E-state index < -0.39 is 0 Å². The van der Waals surface area contributed by atoms with Crippen molar-refractivity contribution in [2.24, 2.45) is 0 Å². The smallest absolute Gasteiger partial charge is 0.242 e. The summed E-state index contributed by atoms with van der Waals surface area (Å²) in [5.74, 6) is 2.92. The van der Waals surface area contributed by atoms with Gasteiger partial charge in [-0.3, -0.25) is 9.36 Å². The van der Waals surface area contributed by atoms with Gasteiger partial charge in [-0.2, -0.15) is 4.98 Å². The maximum atomic E-state index is 13.3. The minimum absolute atomic E-state index is 0.0399. The first-order valence-electron chi connectivity index (χ1n) is 11.4. The van der Waals surface area contributed by atoms with Crippen molar-refractivity contribution >= 4 is 11.7 Å². The average molecular weight is 449 g/mol. The van der Waals surface area contributed by atoms with Crippen LogP contribution >= 0.6 is 0 Å². The summed E-state index contributed by atoms with van der Waals surface area (Å²) in [4.78, 5) is 28.8. The summed E-state index contributed by atoms with van der Waals surface area (Å²) in [6.45, 7) is 3.56. The van der Waals surface area contributed by atoms with Gasteiger partial charge in [-0.1, -0.05) is 18.9 Å². The molecule has 1 fully saturated rings. The van der Waals surface area contributed by atoms with E-state index in [0.29, 0.717) is 12.5 Å². The number of aromatic nitrogens is 4. The summed E-state index contributed by atoms with van der Waals surface area (Å²) in [7, 11) is 0. The zero-order chi connectivity index (χ0) is 22.6. The molecule has 172 valence electrons. The Morgan fingerprint density at radius 3 is 2.94 bits per heavy atom. The Kier molecular flexibility index (Phi) is 6.10. The number of hydrogen-bond acceptors (Lipinski definition) is 7. The van der Waals surface area contributed by atoms with Gasteiger partial charge in [0.15, 0.2) is 11.5 Å². The number of amides is 1. The summed E-state index contributed by atoms with van der Waals surface area (Å²) >= 11 is 0. The molecule has 4 heterocycles. The van der Waals surface area contributed by atoms with Crippen LogP contribution in [-0.2, 0) is 11.2 Å². The topological polar surface area (TPSA) is 94.4 Å². The highest BCUT2D eigenvalue weighted by Gasteiger charge is 2.29. The number of anilines is 1. The highest BCUT2D eigenvalue weighted by Crippen LogP contribution is 2.32. The van der Waals surface area contributed by atoms with Crippen LogP contribution in [0.15, 0.2) is 43.0 Å². The first-order valence-corrected chi connectivity index (χ1v) is 11.4. The number of nitrogens with zero attached hydrogens (tertiary/aromatic N) is 5. The second kappa shape index (κ2) is 9.48. The lowest BCUT2D eigenvalue weighted by Crippen LogP contribution is -2.47. The third-order valence-corrected chi connectivity index (χ3v) is 6.06. The monoisotopic (exact) mass is 448 g/mol. The lowest BCUT2D eigenvalue weighted by molar-refractivity contribution is -0.122. The van der Waals surface area contributed by atoms with Crippen molar-refractivity contribution in [3.8, 4) is 17.4 Å². The second-order valence-electron chi connectivity index (χ2n) is 8.42. The number of carbonyl (C=O) groups is 1. The van der Waals surface area contributed by atoms with Crippen LogP contribution in [0.2, 0.25) is 0 Å². The van der Waals surface area contributed by atoms with E-state index in [-0.39, 0.29) is 18.7 Å². The fraction of sp³-hybridized carbons (Fsp3) is 0.417. The molecule has 1 unspecified atom stereocenters. The van der Waals surface area contributed by atoms with E-state index in [0.717, 1.165) is 67.2 Å². The fourth-order valence-corrected chi connectivity index (χ4v) is 4.38. The Labute approximate surface area is 192 Å². The predicted molar refractivity (Wildman–Crippen MR) is 123 cm³/mol. The molecule has 9 heteroatoms. The largest absolute Gasteiger partial charge is 0.454 e. The van der Waals surface area contributed by atoms with E-state index in [2.05, 4.69) is 20.2 Å². The third kappa shape index (κ3) is 4.76. The molecular formula is C24H28N6O3. The summed E-state index contributed by atoms with van der Waals surface area (Å²) in [6, 6.07) is 7.61. The summed E-state index contributed by atoms with van der Waals surface area (Å²) in [5.41, 5.74) is 1.96. The zero-order valence-corrected chi connectivity index (χ0v) is 18.7. The minimum atomic E-state index is -0.255. The van der Waals surface area contributed by atoms with Crippen molar-refractivity contribution in [2.75, 3.05) is 24.8 Å². The zero-order valence-electron chi connectivity index (χ0n) is 18.7.